The highest BCUT2D eigenvalue weighted by Gasteiger charge is 2.17. The largest absolute Gasteiger partial charge is 0.476 e. The molecule has 7 nitrogen and oxygen atoms in total. The fourth-order valence-electron chi connectivity index (χ4n) is 0.915. The first-order valence-electron chi connectivity index (χ1n) is 3.26. The molecule has 7 heteroatoms. The first kappa shape index (κ1) is 7.47. The predicted octanol–water partition coefficient (Wildman–Crippen LogP) is -0.391. The van der Waals surface area contributed by atoms with E-state index in [-0.39, 0.29) is 16.8 Å². The van der Waals surface area contributed by atoms with E-state index in [0.29, 0.717) is 0 Å². The molecular formula is C6H3N3O4. The Labute approximate surface area is 70.0 Å². The molecule has 0 radical (unpaired) electrons. The highest BCUT2D eigenvalue weighted by molar-refractivity contribution is 5.97. The first-order valence-corrected chi connectivity index (χ1v) is 3.26. The molecule has 0 atom stereocenters. The number of nitrogens with zero attached hydrogens (tertiary/aromatic N) is 2. The molecular weight excluding hydrogens is 178 g/mol. The van der Waals surface area contributed by atoms with Crippen LogP contribution in [0.1, 0.15) is 10.5 Å². The van der Waals surface area contributed by atoms with Gasteiger partial charge < -0.3 is 14.6 Å². The minimum Gasteiger partial charge on any atom is -0.476 e. The quantitative estimate of drug-likeness (QED) is 0.619. The van der Waals surface area contributed by atoms with Gasteiger partial charge in [-0.15, -0.1) is 0 Å². The Morgan fingerprint density at radius 2 is 2.38 bits per heavy atom. The van der Waals surface area contributed by atoms with Crippen LogP contribution in [0.4, 0.5) is 0 Å². The second-order valence-electron chi connectivity index (χ2n) is 2.25. The molecule has 13 heavy (non-hydrogen) atoms. The lowest BCUT2D eigenvalue weighted by Crippen LogP contribution is -2.05. The van der Waals surface area contributed by atoms with E-state index < -0.39 is 11.5 Å². The zero-order valence-corrected chi connectivity index (χ0v) is 6.14. The smallest absolute Gasteiger partial charge is 0.360 e. The van der Waals surface area contributed by atoms with Crippen LogP contribution in [0, 0.1) is 0 Å². The van der Waals surface area contributed by atoms with E-state index in [2.05, 4.69) is 19.6 Å². The van der Waals surface area contributed by atoms with Crippen LogP contribution in [0.25, 0.3) is 11.1 Å². The van der Waals surface area contributed by atoms with Gasteiger partial charge in [-0.2, -0.15) is 0 Å². The van der Waals surface area contributed by atoms with Crippen molar-refractivity contribution in [2.24, 2.45) is 0 Å². The summed E-state index contributed by atoms with van der Waals surface area (Å²) in [7, 11) is 0. The summed E-state index contributed by atoms with van der Waals surface area (Å²) < 4.78 is 4.50. The number of nitrogens with one attached hydrogen (secondary N) is 1. The van der Waals surface area contributed by atoms with Crippen LogP contribution in [0.2, 0.25) is 0 Å². The third-order valence-electron chi connectivity index (χ3n) is 1.47. The molecule has 2 aromatic rings. The Balaban J connectivity index is 2.91. The molecule has 0 amide bonds. The van der Waals surface area contributed by atoms with Crippen LogP contribution in [0.3, 0.4) is 0 Å². The topological polar surface area (TPSA) is 109 Å². The summed E-state index contributed by atoms with van der Waals surface area (Å²) in [5.41, 5.74) is -1.14. The fraction of sp³-hybridized carbons (Fsp3) is 0. The van der Waals surface area contributed by atoms with Crippen molar-refractivity contribution in [2.75, 3.05) is 0 Å². The highest BCUT2D eigenvalue weighted by atomic mass is 16.5. The Kier molecular flexibility index (Phi) is 1.38. The number of fused-ring (bicyclic) bond motifs is 1. The van der Waals surface area contributed by atoms with Crippen molar-refractivity contribution in [1.82, 2.24) is 15.1 Å². The van der Waals surface area contributed by atoms with Gasteiger partial charge in [0, 0.05) is 0 Å². The maximum atomic E-state index is 11.0. The maximum Gasteiger partial charge on any atom is 0.360 e. The first-order chi connectivity index (χ1) is 6.20. The van der Waals surface area contributed by atoms with Crippen LogP contribution in [-0.2, 0) is 0 Å². The van der Waals surface area contributed by atoms with Crippen molar-refractivity contribution in [3.05, 3.63) is 22.4 Å². The van der Waals surface area contributed by atoms with Crippen LogP contribution in [0.15, 0.2) is 15.6 Å². The van der Waals surface area contributed by atoms with E-state index >= 15 is 0 Å². The molecule has 0 aliphatic carbocycles. The molecule has 2 N–H and O–H groups in total. The normalized spacial score (nSPS) is 10.5. The van der Waals surface area contributed by atoms with Gasteiger partial charge in [0.15, 0.2) is 5.52 Å². The van der Waals surface area contributed by atoms with E-state index in [1.807, 2.05) is 0 Å². The molecule has 0 aromatic carbocycles. The lowest BCUT2D eigenvalue weighted by molar-refractivity contribution is 0.0687. The van der Waals surface area contributed by atoms with Gasteiger partial charge in [0.05, 0.1) is 6.33 Å². The zero-order chi connectivity index (χ0) is 9.42. The van der Waals surface area contributed by atoms with E-state index in [1.54, 1.807) is 0 Å². The molecule has 66 valence electrons. The van der Waals surface area contributed by atoms with Gasteiger partial charge in [-0.05, 0) is 0 Å². The van der Waals surface area contributed by atoms with E-state index in [0.717, 1.165) is 6.33 Å². The minimum atomic E-state index is -1.28. The van der Waals surface area contributed by atoms with Gasteiger partial charge in [0.25, 0.3) is 11.1 Å². The summed E-state index contributed by atoms with van der Waals surface area (Å²) in [6.07, 6.45) is 1.09. The van der Waals surface area contributed by atoms with Gasteiger partial charge in [0.1, 0.15) is 0 Å². The van der Waals surface area contributed by atoms with Crippen LogP contribution < -0.4 is 5.56 Å². The lowest BCUT2D eigenvalue weighted by Gasteiger charge is -1.84. The third kappa shape index (κ3) is 0.975. The number of carbonyl (C=O) groups is 1. The maximum absolute atomic E-state index is 11.0. The van der Waals surface area contributed by atoms with Gasteiger partial charge in [0.2, 0.25) is 5.69 Å². The number of aromatic amines is 1. The summed E-state index contributed by atoms with van der Waals surface area (Å²) in [5.74, 6) is -1.28. The Hall–Kier alpha value is -2.18. The number of rotatable bonds is 1. The van der Waals surface area contributed by atoms with Gasteiger partial charge in [-0.1, -0.05) is 5.16 Å². The third-order valence-corrected chi connectivity index (χ3v) is 1.47. The molecule has 0 saturated carbocycles. The minimum absolute atomic E-state index is 0.0451. The summed E-state index contributed by atoms with van der Waals surface area (Å²) in [5, 5.41) is 11.8. The number of carboxylic acids is 1. The molecule has 0 saturated heterocycles. The fourth-order valence-corrected chi connectivity index (χ4v) is 0.915. The molecule has 0 unspecified atom stereocenters. The Morgan fingerprint density at radius 1 is 1.62 bits per heavy atom. The van der Waals surface area contributed by atoms with E-state index in [9.17, 15) is 9.59 Å². The van der Waals surface area contributed by atoms with Gasteiger partial charge in [-0.25, -0.2) is 9.78 Å². The van der Waals surface area contributed by atoms with Crippen molar-refractivity contribution in [2.45, 2.75) is 0 Å². The van der Waals surface area contributed by atoms with Crippen molar-refractivity contribution < 1.29 is 14.4 Å². The number of aromatic carboxylic acids is 1. The number of aromatic nitrogens is 3. The summed E-state index contributed by atoms with van der Waals surface area (Å²) in [6.45, 7) is 0. The van der Waals surface area contributed by atoms with Crippen LogP contribution in [0.5, 0.6) is 0 Å². The summed E-state index contributed by atoms with van der Waals surface area (Å²) in [6, 6.07) is 0. The average molecular weight is 181 g/mol. The number of carboxylic acid groups (broad SMARTS) is 1. The van der Waals surface area contributed by atoms with Crippen molar-refractivity contribution >= 4 is 17.1 Å². The van der Waals surface area contributed by atoms with E-state index in [1.165, 1.54) is 0 Å². The zero-order valence-electron chi connectivity index (χ0n) is 6.14. The SMILES string of the molecule is O=C(O)c1noc2c(=O)[nH]cnc12. The van der Waals surface area contributed by atoms with Gasteiger partial charge in [-0.3, -0.25) is 4.79 Å². The molecule has 0 aliphatic rings. The van der Waals surface area contributed by atoms with Crippen LogP contribution >= 0.6 is 0 Å². The van der Waals surface area contributed by atoms with Gasteiger partial charge >= 0.3 is 5.97 Å². The van der Waals surface area contributed by atoms with Crippen LogP contribution in [-0.4, -0.2) is 26.2 Å². The number of hydrogen-bond acceptors (Lipinski definition) is 5. The molecule has 0 aliphatic heterocycles. The summed E-state index contributed by atoms with van der Waals surface area (Å²) in [4.78, 5) is 27.4. The Morgan fingerprint density at radius 3 is 3.08 bits per heavy atom. The second-order valence-corrected chi connectivity index (χ2v) is 2.25. The van der Waals surface area contributed by atoms with Crippen molar-refractivity contribution in [1.29, 1.82) is 0 Å². The molecule has 0 bridgehead atoms. The lowest BCUT2D eigenvalue weighted by atomic mass is 10.3. The highest BCUT2D eigenvalue weighted by Crippen LogP contribution is 2.10. The Bertz CT molecular complexity index is 526. The molecule has 2 rings (SSSR count). The average Bonchev–Trinajstić information content (AvgIpc) is 2.48. The standard InChI is InChI=1S/C6H3N3O4/c10-5-4-2(7-1-8-5)3(6(11)12)9-13-4/h1H,(H,11,12)(H,7,8,10). The summed E-state index contributed by atoms with van der Waals surface area (Å²) >= 11 is 0. The molecule has 2 aromatic heterocycles. The molecule has 0 fully saturated rings. The number of H-pyrrole nitrogens is 1. The second kappa shape index (κ2) is 2.41. The molecule has 0 spiro atoms. The van der Waals surface area contributed by atoms with Crippen molar-refractivity contribution in [3.8, 4) is 0 Å². The van der Waals surface area contributed by atoms with E-state index in [4.69, 9.17) is 5.11 Å². The molecule has 2 heterocycles. The monoisotopic (exact) mass is 181 g/mol. The predicted molar refractivity (Wildman–Crippen MR) is 39.4 cm³/mol. The van der Waals surface area contributed by atoms with Crippen molar-refractivity contribution in [3.63, 3.8) is 0 Å². The number of hydrogen-bond donors (Lipinski definition) is 2.